The zero-order chi connectivity index (χ0) is 8.10. The maximum absolute atomic E-state index is 5.46. The smallest absolute Gasteiger partial charge is 0.0497 e. The summed E-state index contributed by atoms with van der Waals surface area (Å²) in [4.78, 5) is 0. The van der Waals surface area contributed by atoms with Gasteiger partial charge in [-0.05, 0) is 24.7 Å². The molecular weight excluding hydrogens is 136 g/mol. The van der Waals surface area contributed by atoms with Crippen LogP contribution in [0.1, 0.15) is 33.1 Å². The van der Waals surface area contributed by atoms with Gasteiger partial charge in [0.1, 0.15) is 0 Å². The summed E-state index contributed by atoms with van der Waals surface area (Å²) < 4.78 is 5.46. The van der Waals surface area contributed by atoms with E-state index in [0.29, 0.717) is 5.92 Å². The van der Waals surface area contributed by atoms with Crippen molar-refractivity contribution in [2.24, 2.45) is 11.8 Å². The van der Waals surface area contributed by atoms with Gasteiger partial charge in [0, 0.05) is 13.2 Å². The van der Waals surface area contributed by atoms with E-state index in [1.807, 2.05) is 0 Å². The van der Waals surface area contributed by atoms with Gasteiger partial charge in [-0.25, -0.2) is 0 Å². The highest BCUT2D eigenvalue weighted by Crippen LogP contribution is 2.22. The molecule has 65 valence electrons. The van der Waals surface area contributed by atoms with Gasteiger partial charge in [-0.1, -0.05) is 26.7 Å². The minimum atomic E-state index is 0.672. The molecule has 0 aromatic carbocycles. The van der Waals surface area contributed by atoms with E-state index in [-0.39, 0.29) is 0 Å². The lowest BCUT2D eigenvalue weighted by Crippen LogP contribution is -2.24. The van der Waals surface area contributed by atoms with Crippen molar-refractivity contribution in [2.75, 3.05) is 13.2 Å². The minimum Gasteiger partial charge on any atom is -0.381 e. The first-order chi connectivity index (χ1) is 5.33. The maximum Gasteiger partial charge on any atom is 0.0497 e. The first kappa shape index (κ1) is 9.05. The van der Waals surface area contributed by atoms with Crippen LogP contribution in [0.4, 0.5) is 0 Å². The predicted molar refractivity (Wildman–Crippen MR) is 47.3 cm³/mol. The normalized spacial score (nSPS) is 32.2. The van der Waals surface area contributed by atoms with E-state index < -0.39 is 0 Å². The van der Waals surface area contributed by atoms with Crippen LogP contribution in [0.3, 0.4) is 0 Å². The predicted octanol–water partition coefficient (Wildman–Crippen LogP) is 2.66. The second kappa shape index (κ2) is 4.76. The zero-order valence-corrected chi connectivity index (χ0v) is 7.68. The van der Waals surface area contributed by atoms with Crippen LogP contribution in [0, 0.1) is 18.3 Å². The highest BCUT2D eigenvalue weighted by molar-refractivity contribution is 4.84. The molecule has 11 heavy (non-hydrogen) atoms. The Balaban J connectivity index is 2.12. The Hall–Kier alpha value is -0.0400. The molecule has 1 aliphatic rings. The first-order valence-corrected chi connectivity index (χ1v) is 4.75. The maximum atomic E-state index is 5.46. The van der Waals surface area contributed by atoms with E-state index >= 15 is 0 Å². The van der Waals surface area contributed by atoms with Gasteiger partial charge in [0.2, 0.25) is 0 Å². The summed E-state index contributed by atoms with van der Waals surface area (Å²) >= 11 is 0. The van der Waals surface area contributed by atoms with Gasteiger partial charge in [0.05, 0.1) is 0 Å². The lowest BCUT2D eigenvalue weighted by atomic mass is 9.90. The zero-order valence-electron chi connectivity index (χ0n) is 7.68. The lowest BCUT2D eigenvalue weighted by molar-refractivity contribution is 0.0502. The Bertz CT molecular complexity index is 101. The molecule has 0 aromatic rings. The summed E-state index contributed by atoms with van der Waals surface area (Å²) in [7, 11) is 0. The molecule has 1 nitrogen and oxygen atoms in total. The molecule has 1 heteroatoms. The minimum absolute atomic E-state index is 0.672. The Morgan fingerprint density at radius 3 is 2.91 bits per heavy atom. The third-order valence-electron chi connectivity index (χ3n) is 2.24. The summed E-state index contributed by atoms with van der Waals surface area (Å²) in [5.41, 5.74) is 0. The molecule has 0 amide bonds. The quantitative estimate of drug-likeness (QED) is 0.609. The van der Waals surface area contributed by atoms with Crippen molar-refractivity contribution in [1.29, 1.82) is 0 Å². The molecule has 1 rings (SSSR count). The molecule has 1 aliphatic heterocycles. The van der Waals surface area contributed by atoms with Crippen molar-refractivity contribution in [3.8, 4) is 0 Å². The molecule has 0 spiro atoms. The number of rotatable bonds is 3. The fourth-order valence-electron chi connectivity index (χ4n) is 1.63. The van der Waals surface area contributed by atoms with Crippen LogP contribution in [-0.4, -0.2) is 13.2 Å². The SMILES string of the molecule is CCCCC1[CH]C(C)COC1. The van der Waals surface area contributed by atoms with Crippen molar-refractivity contribution in [2.45, 2.75) is 33.1 Å². The number of unbranched alkanes of at least 4 members (excludes halogenated alkanes) is 1. The van der Waals surface area contributed by atoms with Crippen LogP contribution in [-0.2, 0) is 4.74 Å². The van der Waals surface area contributed by atoms with Crippen LogP contribution < -0.4 is 0 Å². The van der Waals surface area contributed by atoms with E-state index in [0.717, 1.165) is 19.1 Å². The molecule has 0 aromatic heterocycles. The first-order valence-electron chi connectivity index (χ1n) is 4.75. The molecule has 1 radical (unpaired) electrons. The third-order valence-corrected chi connectivity index (χ3v) is 2.24. The van der Waals surface area contributed by atoms with Crippen LogP contribution in [0.2, 0.25) is 0 Å². The van der Waals surface area contributed by atoms with Crippen molar-refractivity contribution in [1.82, 2.24) is 0 Å². The molecule has 0 saturated carbocycles. The van der Waals surface area contributed by atoms with Gasteiger partial charge in [-0.15, -0.1) is 0 Å². The molecule has 0 aliphatic carbocycles. The summed E-state index contributed by atoms with van der Waals surface area (Å²) in [6.45, 7) is 6.37. The summed E-state index contributed by atoms with van der Waals surface area (Å²) in [5.74, 6) is 1.41. The molecule has 2 unspecified atom stereocenters. The van der Waals surface area contributed by atoms with Gasteiger partial charge in [-0.2, -0.15) is 0 Å². The van der Waals surface area contributed by atoms with E-state index in [2.05, 4.69) is 20.3 Å². The highest BCUT2D eigenvalue weighted by Gasteiger charge is 2.18. The van der Waals surface area contributed by atoms with Gasteiger partial charge in [0.15, 0.2) is 0 Å². The van der Waals surface area contributed by atoms with Crippen molar-refractivity contribution < 1.29 is 4.74 Å². The molecule has 0 N–H and O–H groups in total. The van der Waals surface area contributed by atoms with E-state index in [1.54, 1.807) is 0 Å². The molecule has 1 saturated heterocycles. The second-order valence-electron chi connectivity index (χ2n) is 3.61. The average molecular weight is 155 g/mol. The van der Waals surface area contributed by atoms with Gasteiger partial charge in [0.25, 0.3) is 0 Å². The monoisotopic (exact) mass is 155 g/mol. The second-order valence-corrected chi connectivity index (χ2v) is 3.61. The largest absolute Gasteiger partial charge is 0.381 e. The number of hydrogen-bond acceptors (Lipinski definition) is 1. The van der Waals surface area contributed by atoms with E-state index in [9.17, 15) is 0 Å². The molecule has 0 bridgehead atoms. The molecule has 1 fully saturated rings. The Morgan fingerprint density at radius 1 is 1.45 bits per heavy atom. The Labute approximate surface area is 70.1 Å². The van der Waals surface area contributed by atoms with Gasteiger partial charge >= 0.3 is 0 Å². The highest BCUT2D eigenvalue weighted by atomic mass is 16.5. The van der Waals surface area contributed by atoms with Gasteiger partial charge < -0.3 is 4.74 Å². The number of hydrogen-bond donors (Lipinski definition) is 0. The van der Waals surface area contributed by atoms with Crippen LogP contribution in [0.25, 0.3) is 0 Å². The van der Waals surface area contributed by atoms with Crippen LogP contribution in [0.15, 0.2) is 0 Å². The Morgan fingerprint density at radius 2 is 2.27 bits per heavy atom. The van der Waals surface area contributed by atoms with E-state index in [1.165, 1.54) is 19.3 Å². The summed E-state index contributed by atoms with van der Waals surface area (Å²) in [6, 6.07) is 0. The van der Waals surface area contributed by atoms with Crippen molar-refractivity contribution >= 4 is 0 Å². The fraction of sp³-hybridized carbons (Fsp3) is 0.900. The third kappa shape index (κ3) is 3.24. The van der Waals surface area contributed by atoms with Crippen LogP contribution >= 0.6 is 0 Å². The number of ether oxygens (including phenoxy) is 1. The molecular formula is C10H19O. The average Bonchev–Trinajstić information content (AvgIpc) is 2.01. The fourth-order valence-corrected chi connectivity index (χ4v) is 1.63. The molecule has 1 heterocycles. The topological polar surface area (TPSA) is 9.23 Å². The Kier molecular flexibility index (Phi) is 3.92. The van der Waals surface area contributed by atoms with Crippen LogP contribution in [0.5, 0.6) is 0 Å². The van der Waals surface area contributed by atoms with Crippen molar-refractivity contribution in [3.63, 3.8) is 0 Å². The van der Waals surface area contributed by atoms with Crippen molar-refractivity contribution in [3.05, 3.63) is 6.42 Å². The lowest BCUT2D eigenvalue weighted by Gasteiger charge is -2.26. The van der Waals surface area contributed by atoms with Gasteiger partial charge in [-0.3, -0.25) is 0 Å². The molecule has 2 atom stereocenters. The van der Waals surface area contributed by atoms with E-state index in [4.69, 9.17) is 4.74 Å². The summed E-state index contributed by atoms with van der Waals surface area (Å²) in [5, 5.41) is 0. The standard InChI is InChI=1S/C10H19O/c1-3-4-5-10-6-9(2)7-11-8-10/h6,9-10H,3-5,7-8H2,1-2H3. The summed E-state index contributed by atoms with van der Waals surface area (Å²) in [6.07, 6.45) is 6.43.